The molecule has 0 spiro atoms. The molecule has 3 aromatic heterocycles. The second-order valence-corrected chi connectivity index (χ2v) is 6.78. The minimum Gasteiger partial charge on any atom is -0.423 e. The first-order valence-corrected chi connectivity index (χ1v) is 9.06. The first kappa shape index (κ1) is 16.1. The van der Waals surface area contributed by atoms with E-state index in [1.54, 1.807) is 23.0 Å². The van der Waals surface area contributed by atoms with Crippen LogP contribution < -0.4 is 5.63 Å². The van der Waals surface area contributed by atoms with E-state index < -0.39 is 0 Å². The molecule has 0 saturated carbocycles. The van der Waals surface area contributed by atoms with Gasteiger partial charge in [-0.25, -0.2) is 14.3 Å². The predicted octanol–water partition coefficient (Wildman–Crippen LogP) is 3.74. The maximum absolute atomic E-state index is 11.9. The maximum atomic E-state index is 11.9. The van der Waals surface area contributed by atoms with Gasteiger partial charge in [-0.3, -0.25) is 0 Å². The molecule has 0 atom stereocenters. The number of nitrogens with zero attached hydrogens (tertiary/aromatic N) is 4. The first-order valence-electron chi connectivity index (χ1n) is 7.69. The van der Waals surface area contributed by atoms with E-state index in [0.717, 1.165) is 22.9 Å². The lowest BCUT2D eigenvalue weighted by atomic mass is 10.1. The minimum atomic E-state index is -0.378. The van der Waals surface area contributed by atoms with Crippen molar-refractivity contribution in [1.82, 2.24) is 19.6 Å². The van der Waals surface area contributed by atoms with Crippen molar-refractivity contribution in [2.75, 3.05) is 0 Å². The summed E-state index contributed by atoms with van der Waals surface area (Å²) in [4.78, 5) is 20.4. The summed E-state index contributed by atoms with van der Waals surface area (Å²) in [6, 6.07) is 6.97. The third-order valence-electron chi connectivity index (χ3n) is 3.83. The van der Waals surface area contributed by atoms with Gasteiger partial charge < -0.3 is 4.42 Å². The molecular weight excluding hydrogens is 360 g/mol. The molecule has 6 nitrogen and oxygen atoms in total. The van der Waals surface area contributed by atoms with Gasteiger partial charge in [-0.15, -0.1) is 5.10 Å². The van der Waals surface area contributed by atoms with Gasteiger partial charge in [0.2, 0.25) is 5.16 Å². The van der Waals surface area contributed by atoms with Crippen LogP contribution in [0.3, 0.4) is 0 Å². The van der Waals surface area contributed by atoms with Gasteiger partial charge >= 0.3 is 5.63 Å². The summed E-state index contributed by atoms with van der Waals surface area (Å²) in [7, 11) is 0. The number of thioether (sulfide) groups is 1. The van der Waals surface area contributed by atoms with E-state index in [0.29, 0.717) is 27.3 Å². The number of aryl methyl sites for hydroxylation is 1. The van der Waals surface area contributed by atoms with Crippen LogP contribution in [0, 0.1) is 0 Å². The Balaban J connectivity index is 1.70. The Labute approximate surface area is 151 Å². The molecule has 1 aromatic carbocycles. The van der Waals surface area contributed by atoms with Crippen molar-refractivity contribution in [3.8, 4) is 0 Å². The molecule has 3 heterocycles. The summed E-state index contributed by atoms with van der Waals surface area (Å²) in [6.07, 6.45) is 4.23. The standard InChI is InChI=1S/C17H13ClN4O2S/c1-2-10-6-14-12(8-13(10)18)11(7-15(23)24-14)9-25-17-20-16-19-4-3-5-22(16)21-17/h3-8H,2,9H2,1H3. The largest absolute Gasteiger partial charge is 0.423 e. The highest BCUT2D eigenvalue weighted by atomic mass is 35.5. The van der Waals surface area contributed by atoms with E-state index in [-0.39, 0.29) is 5.63 Å². The van der Waals surface area contributed by atoms with E-state index in [2.05, 4.69) is 15.1 Å². The van der Waals surface area contributed by atoms with E-state index in [1.807, 2.05) is 19.1 Å². The van der Waals surface area contributed by atoms with Gasteiger partial charge in [0.15, 0.2) is 0 Å². The highest BCUT2D eigenvalue weighted by Crippen LogP contribution is 2.29. The highest BCUT2D eigenvalue weighted by Gasteiger charge is 2.12. The van der Waals surface area contributed by atoms with Crippen LogP contribution in [-0.4, -0.2) is 19.6 Å². The van der Waals surface area contributed by atoms with Gasteiger partial charge in [0.25, 0.3) is 5.78 Å². The SMILES string of the molecule is CCc1cc2oc(=O)cc(CSc3nc4ncccn4n3)c2cc1Cl. The van der Waals surface area contributed by atoms with Crippen molar-refractivity contribution in [3.63, 3.8) is 0 Å². The Hall–Kier alpha value is -2.38. The Morgan fingerprint density at radius 3 is 2.96 bits per heavy atom. The summed E-state index contributed by atoms with van der Waals surface area (Å²) in [5.41, 5.74) is 1.97. The van der Waals surface area contributed by atoms with Crippen LogP contribution in [0.1, 0.15) is 18.1 Å². The van der Waals surface area contributed by atoms with Crippen molar-refractivity contribution in [2.24, 2.45) is 0 Å². The lowest BCUT2D eigenvalue weighted by Gasteiger charge is -2.07. The van der Waals surface area contributed by atoms with E-state index in [9.17, 15) is 4.79 Å². The molecule has 0 N–H and O–H groups in total. The fraction of sp³-hybridized carbons (Fsp3) is 0.176. The van der Waals surface area contributed by atoms with Crippen LogP contribution in [-0.2, 0) is 12.2 Å². The topological polar surface area (TPSA) is 73.3 Å². The van der Waals surface area contributed by atoms with Crippen molar-refractivity contribution in [2.45, 2.75) is 24.3 Å². The number of aromatic nitrogens is 4. The highest BCUT2D eigenvalue weighted by molar-refractivity contribution is 7.98. The van der Waals surface area contributed by atoms with Crippen molar-refractivity contribution >= 4 is 40.1 Å². The monoisotopic (exact) mass is 372 g/mol. The molecule has 0 bridgehead atoms. The average Bonchev–Trinajstić information content (AvgIpc) is 3.02. The van der Waals surface area contributed by atoms with Crippen LogP contribution in [0.5, 0.6) is 0 Å². The quantitative estimate of drug-likeness (QED) is 0.401. The molecule has 0 radical (unpaired) electrons. The zero-order chi connectivity index (χ0) is 17.4. The van der Waals surface area contributed by atoms with Crippen molar-refractivity contribution in [1.29, 1.82) is 0 Å². The van der Waals surface area contributed by atoms with Gasteiger partial charge in [-0.05, 0) is 35.7 Å². The molecule has 0 aliphatic rings. The van der Waals surface area contributed by atoms with Gasteiger partial charge in [0, 0.05) is 34.6 Å². The lowest BCUT2D eigenvalue weighted by Crippen LogP contribution is -2.00. The molecule has 0 aliphatic heterocycles. The number of halogens is 1. The Morgan fingerprint density at radius 1 is 1.28 bits per heavy atom. The zero-order valence-corrected chi connectivity index (χ0v) is 14.8. The second-order valence-electron chi connectivity index (χ2n) is 5.43. The van der Waals surface area contributed by atoms with E-state index >= 15 is 0 Å². The molecule has 0 aliphatic carbocycles. The second kappa shape index (κ2) is 6.50. The van der Waals surface area contributed by atoms with Crippen LogP contribution in [0.15, 0.2) is 51.0 Å². The molecule has 126 valence electrons. The molecule has 4 rings (SSSR count). The number of fused-ring (bicyclic) bond motifs is 2. The number of benzene rings is 1. The third kappa shape index (κ3) is 3.12. The Morgan fingerprint density at radius 2 is 2.16 bits per heavy atom. The molecule has 0 unspecified atom stereocenters. The van der Waals surface area contributed by atoms with Gasteiger partial charge in [-0.1, -0.05) is 30.3 Å². The Bertz CT molecular complexity index is 1110. The summed E-state index contributed by atoms with van der Waals surface area (Å²) < 4.78 is 6.95. The molecule has 25 heavy (non-hydrogen) atoms. The van der Waals surface area contributed by atoms with Crippen molar-refractivity contribution in [3.05, 3.63) is 63.2 Å². The molecule has 0 fully saturated rings. The van der Waals surface area contributed by atoms with E-state index in [1.165, 1.54) is 17.8 Å². The first-order chi connectivity index (χ1) is 12.1. The minimum absolute atomic E-state index is 0.378. The van der Waals surface area contributed by atoms with Crippen molar-refractivity contribution < 1.29 is 4.42 Å². The fourth-order valence-corrected chi connectivity index (χ4v) is 3.71. The van der Waals surface area contributed by atoms with Crippen LogP contribution >= 0.6 is 23.4 Å². The fourth-order valence-electron chi connectivity index (χ4n) is 2.60. The smallest absolute Gasteiger partial charge is 0.336 e. The van der Waals surface area contributed by atoms with E-state index in [4.69, 9.17) is 16.0 Å². The van der Waals surface area contributed by atoms with Crippen LogP contribution in [0.25, 0.3) is 16.7 Å². The molecule has 8 heteroatoms. The molecule has 4 aromatic rings. The predicted molar refractivity (Wildman–Crippen MR) is 97.2 cm³/mol. The van der Waals surface area contributed by atoms with Gasteiger partial charge in [0.1, 0.15) is 5.58 Å². The average molecular weight is 373 g/mol. The number of hydrogen-bond donors (Lipinski definition) is 0. The zero-order valence-electron chi connectivity index (χ0n) is 13.3. The maximum Gasteiger partial charge on any atom is 0.336 e. The van der Waals surface area contributed by atoms with Gasteiger partial charge in [-0.2, -0.15) is 4.98 Å². The lowest BCUT2D eigenvalue weighted by molar-refractivity contribution is 0.559. The molecule has 0 saturated heterocycles. The normalized spacial score (nSPS) is 11.4. The molecular formula is C17H13ClN4O2S. The summed E-state index contributed by atoms with van der Waals surface area (Å²) in [5, 5.41) is 6.45. The number of rotatable bonds is 4. The third-order valence-corrected chi connectivity index (χ3v) is 5.07. The Kier molecular flexibility index (Phi) is 4.19. The summed E-state index contributed by atoms with van der Waals surface area (Å²) in [6.45, 7) is 2.01. The number of hydrogen-bond acceptors (Lipinski definition) is 6. The summed E-state index contributed by atoms with van der Waals surface area (Å²) >= 11 is 7.75. The van der Waals surface area contributed by atoms with Crippen LogP contribution in [0.2, 0.25) is 5.02 Å². The summed E-state index contributed by atoms with van der Waals surface area (Å²) in [5.74, 6) is 1.07. The molecule has 0 amide bonds. The van der Waals surface area contributed by atoms with Gasteiger partial charge in [0.05, 0.1) is 0 Å². The van der Waals surface area contributed by atoms with Crippen LogP contribution in [0.4, 0.5) is 0 Å².